The van der Waals surface area contributed by atoms with Gasteiger partial charge in [0.25, 0.3) is 0 Å². The number of methoxy groups -OCH3 is 1. The zero-order chi connectivity index (χ0) is 16.0. The molecule has 22 heavy (non-hydrogen) atoms. The van der Waals surface area contributed by atoms with E-state index in [1.165, 1.54) is 12.1 Å². The van der Waals surface area contributed by atoms with E-state index >= 15 is 0 Å². The smallest absolute Gasteiger partial charge is 0.240 e. The summed E-state index contributed by atoms with van der Waals surface area (Å²) >= 11 is 0. The zero-order valence-corrected chi connectivity index (χ0v) is 12.8. The second-order valence-corrected chi connectivity index (χ2v) is 6.15. The molecule has 0 bridgehead atoms. The predicted octanol–water partition coefficient (Wildman–Crippen LogP) is 2.19. The third kappa shape index (κ3) is 4.44. The van der Waals surface area contributed by atoms with Crippen LogP contribution in [0.15, 0.2) is 53.4 Å². The van der Waals surface area contributed by atoms with E-state index in [4.69, 9.17) is 9.47 Å². The molecule has 0 amide bonds. The Hall–Kier alpha value is -2.12. The van der Waals surface area contributed by atoms with Crippen LogP contribution in [-0.2, 0) is 10.0 Å². The van der Waals surface area contributed by atoms with Crippen LogP contribution in [0.4, 0.5) is 4.39 Å². The second-order valence-electron chi connectivity index (χ2n) is 4.38. The number of ether oxygens (including phenoxy) is 2. The van der Waals surface area contributed by atoms with Crippen LogP contribution < -0.4 is 14.2 Å². The molecule has 7 heteroatoms. The fraction of sp³-hybridized carbons (Fsp3) is 0.200. The number of sulfonamides is 1. The quantitative estimate of drug-likeness (QED) is 0.793. The van der Waals surface area contributed by atoms with E-state index in [-0.39, 0.29) is 18.0 Å². The van der Waals surface area contributed by atoms with Crippen molar-refractivity contribution in [2.75, 3.05) is 20.3 Å². The number of benzene rings is 2. The van der Waals surface area contributed by atoms with Gasteiger partial charge >= 0.3 is 0 Å². The Labute approximate surface area is 128 Å². The van der Waals surface area contributed by atoms with E-state index < -0.39 is 15.8 Å². The topological polar surface area (TPSA) is 64.6 Å². The van der Waals surface area contributed by atoms with Gasteiger partial charge in [-0.3, -0.25) is 0 Å². The molecule has 2 aromatic rings. The normalized spacial score (nSPS) is 11.2. The molecule has 2 aromatic carbocycles. The molecule has 0 aliphatic rings. The van der Waals surface area contributed by atoms with Crippen LogP contribution in [-0.4, -0.2) is 28.7 Å². The lowest BCUT2D eigenvalue weighted by Gasteiger charge is -2.09. The highest BCUT2D eigenvalue weighted by Gasteiger charge is 2.13. The summed E-state index contributed by atoms with van der Waals surface area (Å²) < 4.78 is 49.6. The molecule has 2 rings (SSSR count). The molecular formula is C15H16FNO4S. The van der Waals surface area contributed by atoms with Gasteiger partial charge in [0.05, 0.1) is 12.0 Å². The molecule has 0 fully saturated rings. The summed E-state index contributed by atoms with van der Waals surface area (Å²) in [4.78, 5) is 0.00952. The Kier molecular flexibility index (Phi) is 5.35. The Morgan fingerprint density at radius 2 is 1.77 bits per heavy atom. The maximum absolute atomic E-state index is 12.8. The van der Waals surface area contributed by atoms with E-state index in [0.29, 0.717) is 11.5 Å². The minimum absolute atomic E-state index is 0.00952. The summed E-state index contributed by atoms with van der Waals surface area (Å²) in [5, 5.41) is 0. The first kappa shape index (κ1) is 16.3. The molecule has 0 unspecified atom stereocenters. The van der Waals surface area contributed by atoms with Crippen LogP contribution in [0.1, 0.15) is 0 Å². The van der Waals surface area contributed by atoms with Gasteiger partial charge in [0.15, 0.2) is 0 Å². The molecule has 0 aliphatic carbocycles. The summed E-state index contributed by atoms with van der Waals surface area (Å²) in [6, 6.07) is 11.6. The zero-order valence-electron chi connectivity index (χ0n) is 12.0. The van der Waals surface area contributed by atoms with Crippen molar-refractivity contribution in [3.63, 3.8) is 0 Å². The fourth-order valence-corrected chi connectivity index (χ4v) is 2.75. The van der Waals surface area contributed by atoms with Gasteiger partial charge < -0.3 is 9.47 Å². The van der Waals surface area contributed by atoms with Crippen molar-refractivity contribution in [1.29, 1.82) is 0 Å². The average Bonchev–Trinajstić information content (AvgIpc) is 2.52. The first-order valence-electron chi connectivity index (χ1n) is 6.53. The molecule has 0 spiro atoms. The maximum Gasteiger partial charge on any atom is 0.240 e. The van der Waals surface area contributed by atoms with Crippen molar-refractivity contribution in [3.8, 4) is 11.5 Å². The van der Waals surface area contributed by atoms with Gasteiger partial charge in [-0.25, -0.2) is 17.5 Å². The summed E-state index contributed by atoms with van der Waals surface area (Å²) in [5.41, 5.74) is 0. The molecular weight excluding hydrogens is 309 g/mol. The highest BCUT2D eigenvalue weighted by atomic mass is 32.2. The Bertz CT molecular complexity index is 717. The second kappa shape index (κ2) is 7.24. The third-order valence-corrected chi connectivity index (χ3v) is 4.30. The van der Waals surface area contributed by atoms with Crippen molar-refractivity contribution in [1.82, 2.24) is 4.72 Å². The Balaban J connectivity index is 1.86. The first-order chi connectivity index (χ1) is 10.5. The lowest BCUT2D eigenvalue weighted by molar-refractivity contribution is 0.320. The molecule has 0 radical (unpaired) electrons. The monoisotopic (exact) mass is 325 g/mol. The highest BCUT2D eigenvalue weighted by molar-refractivity contribution is 7.89. The molecule has 0 atom stereocenters. The molecule has 5 nitrogen and oxygen atoms in total. The van der Waals surface area contributed by atoms with Crippen molar-refractivity contribution >= 4 is 10.0 Å². The average molecular weight is 325 g/mol. The Morgan fingerprint density at radius 3 is 2.45 bits per heavy atom. The van der Waals surface area contributed by atoms with Crippen LogP contribution in [0.2, 0.25) is 0 Å². The minimum atomic E-state index is -3.67. The van der Waals surface area contributed by atoms with Crippen molar-refractivity contribution in [2.24, 2.45) is 0 Å². The van der Waals surface area contributed by atoms with Gasteiger partial charge in [0.1, 0.15) is 23.9 Å². The van der Waals surface area contributed by atoms with Crippen LogP contribution in [0.3, 0.4) is 0 Å². The lowest BCUT2D eigenvalue weighted by Crippen LogP contribution is -2.28. The van der Waals surface area contributed by atoms with Gasteiger partial charge in [-0.1, -0.05) is 6.07 Å². The summed E-state index contributed by atoms with van der Waals surface area (Å²) in [6.07, 6.45) is 0. The largest absolute Gasteiger partial charge is 0.497 e. The lowest BCUT2D eigenvalue weighted by atomic mass is 10.3. The fourth-order valence-electron chi connectivity index (χ4n) is 1.73. The molecule has 0 aliphatic heterocycles. The first-order valence-corrected chi connectivity index (χ1v) is 8.02. The van der Waals surface area contributed by atoms with Crippen LogP contribution >= 0.6 is 0 Å². The molecule has 0 aromatic heterocycles. The number of hydrogen-bond acceptors (Lipinski definition) is 4. The maximum atomic E-state index is 12.8. The molecule has 118 valence electrons. The summed E-state index contributed by atoms with van der Waals surface area (Å²) in [6.45, 7) is 0.254. The molecule has 0 saturated carbocycles. The number of halogens is 1. The number of nitrogens with one attached hydrogen (secondary N) is 1. The third-order valence-electron chi connectivity index (χ3n) is 2.83. The van der Waals surface area contributed by atoms with Gasteiger partial charge in [0, 0.05) is 12.6 Å². The van der Waals surface area contributed by atoms with Crippen LogP contribution in [0.25, 0.3) is 0 Å². The van der Waals surface area contributed by atoms with Crippen LogP contribution in [0.5, 0.6) is 11.5 Å². The van der Waals surface area contributed by atoms with Gasteiger partial charge in [0.2, 0.25) is 10.0 Å². The van der Waals surface area contributed by atoms with Crippen molar-refractivity contribution in [2.45, 2.75) is 4.90 Å². The molecule has 0 heterocycles. The van der Waals surface area contributed by atoms with Gasteiger partial charge in [-0.2, -0.15) is 0 Å². The SMILES string of the molecule is COc1cccc(OCCNS(=O)(=O)c2ccc(F)cc2)c1. The molecule has 0 saturated heterocycles. The predicted molar refractivity (Wildman–Crippen MR) is 80.1 cm³/mol. The van der Waals surface area contributed by atoms with Gasteiger partial charge in [-0.15, -0.1) is 0 Å². The summed E-state index contributed by atoms with van der Waals surface area (Å²) in [7, 11) is -2.11. The standard InChI is InChI=1S/C15H16FNO4S/c1-20-13-3-2-4-14(11-13)21-10-9-17-22(18,19)15-7-5-12(16)6-8-15/h2-8,11,17H,9-10H2,1H3. The van der Waals surface area contributed by atoms with E-state index in [1.54, 1.807) is 31.4 Å². The molecule has 1 N–H and O–H groups in total. The Morgan fingerprint density at radius 1 is 1.09 bits per heavy atom. The van der Waals surface area contributed by atoms with E-state index in [2.05, 4.69) is 4.72 Å². The minimum Gasteiger partial charge on any atom is -0.497 e. The number of rotatable bonds is 7. The van der Waals surface area contributed by atoms with E-state index in [9.17, 15) is 12.8 Å². The highest BCUT2D eigenvalue weighted by Crippen LogP contribution is 2.18. The van der Waals surface area contributed by atoms with E-state index in [0.717, 1.165) is 12.1 Å². The summed E-state index contributed by atoms with van der Waals surface area (Å²) in [5.74, 6) is 0.755. The van der Waals surface area contributed by atoms with Crippen LogP contribution in [0, 0.1) is 5.82 Å². The van der Waals surface area contributed by atoms with Crippen molar-refractivity contribution in [3.05, 3.63) is 54.3 Å². The number of hydrogen-bond donors (Lipinski definition) is 1. The van der Waals surface area contributed by atoms with Crippen molar-refractivity contribution < 1.29 is 22.3 Å². The van der Waals surface area contributed by atoms with Gasteiger partial charge in [-0.05, 0) is 36.4 Å². The van der Waals surface area contributed by atoms with E-state index in [1.807, 2.05) is 0 Å².